The molecule has 3 rings (SSSR count). The monoisotopic (exact) mass is 236 g/mol. The zero-order chi connectivity index (χ0) is 11.8. The van der Waals surface area contributed by atoms with Gasteiger partial charge in [-0.3, -0.25) is 4.79 Å². The minimum atomic E-state index is -0.0761. The highest BCUT2D eigenvalue weighted by molar-refractivity contribution is 5.19. The van der Waals surface area contributed by atoms with E-state index in [4.69, 9.17) is 9.47 Å². The SMILES string of the molecule is CC1CCC(c2nc3c(c(=O)[nH]2)COCC3)O1. The van der Waals surface area contributed by atoms with Gasteiger partial charge in [0.1, 0.15) is 11.9 Å². The minimum Gasteiger partial charge on any atom is -0.376 e. The highest BCUT2D eigenvalue weighted by Gasteiger charge is 2.27. The summed E-state index contributed by atoms with van der Waals surface area (Å²) < 4.78 is 11.0. The normalized spacial score (nSPS) is 28.1. The van der Waals surface area contributed by atoms with Crippen molar-refractivity contribution < 1.29 is 9.47 Å². The Morgan fingerprint density at radius 2 is 2.29 bits per heavy atom. The largest absolute Gasteiger partial charge is 0.376 e. The summed E-state index contributed by atoms with van der Waals surface area (Å²) in [5.41, 5.74) is 1.47. The predicted molar refractivity (Wildman–Crippen MR) is 60.7 cm³/mol. The number of ether oxygens (including phenoxy) is 2. The summed E-state index contributed by atoms with van der Waals surface area (Å²) >= 11 is 0. The number of aromatic amines is 1. The number of hydrogen-bond acceptors (Lipinski definition) is 4. The van der Waals surface area contributed by atoms with Crippen molar-refractivity contribution in [2.24, 2.45) is 0 Å². The van der Waals surface area contributed by atoms with Gasteiger partial charge in [0.25, 0.3) is 5.56 Å². The third-order valence-corrected chi connectivity index (χ3v) is 3.39. The lowest BCUT2D eigenvalue weighted by Gasteiger charge is -2.17. The average molecular weight is 236 g/mol. The highest BCUT2D eigenvalue weighted by Crippen LogP contribution is 2.30. The standard InChI is InChI=1S/C12H16N2O3/c1-7-2-3-10(17-7)11-13-9-4-5-16-6-8(9)12(15)14-11/h7,10H,2-6H2,1H3,(H,13,14,15). The fourth-order valence-corrected chi connectivity index (χ4v) is 2.42. The zero-order valence-electron chi connectivity index (χ0n) is 9.86. The Morgan fingerprint density at radius 1 is 1.41 bits per heavy atom. The van der Waals surface area contributed by atoms with Crippen molar-refractivity contribution in [3.8, 4) is 0 Å². The van der Waals surface area contributed by atoms with Gasteiger partial charge in [-0.2, -0.15) is 0 Å². The summed E-state index contributed by atoms with van der Waals surface area (Å²) in [5, 5.41) is 0. The first kappa shape index (κ1) is 10.9. The Bertz CT molecular complexity index is 483. The van der Waals surface area contributed by atoms with Gasteiger partial charge in [-0.25, -0.2) is 4.98 Å². The lowest BCUT2D eigenvalue weighted by molar-refractivity contribution is 0.0492. The van der Waals surface area contributed by atoms with E-state index in [0.29, 0.717) is 31.0 Å². The van der Waals surface area contributed by atoms with Crippen LogP contribution in [0.1, 0.15) is 43.0 Å². The number of fused-ring (bicyclic) bond motifs is 1. The molecule has 1 aromatic rings. The quantitative estimate of drug-likeness (QED) is 0.792. The number of H-pyrrole nitrogens is 1. The number of aromatic nitrogens is 2. The summed E-state index contributed by atoms with van der Waals surface area (Å²) in [6, 6.07) is 0. The van der Waals surface area contributed by atoms with Crippen LogP contribution >= 0.6 is 0 Å². The zero-order valence-corrected chi connectivity index (χ0v) is 9.86. The molecule has 5 nitrogen and oxygen atoms in total. The van der Waals surface area contributed by atoms with E-state index < -0.39 is 0 Å². The maximum atomic E-state index is 11.9. The fraction of sp³-hybridized carbons (Fsp3) is 0.667. The Hall–Kier alpha value is -1.20. The van der Waals surface area contributed by atoms with E-state index in [0.717, 1.165) is 18.5 Å². The van der Waals surface area contributed by atoms with Crippen molar-refractivity contribution in [2.45, 2.75) is 45.0 Å². The number of nitrogens with one attached hydrogen (secondary N) is 1. The first-order chi connectivity index (χ1) is 8.24. The van der Waals surface area contributed by atoms with Crippen molar-refractivity contribution in [3.63, 3.8) is 0 Å². The van der Waals surface area contributed by atoms with Gasteiger partial charge < -0.3 is 14.5 Å². The molecule has 2 atom stereocenters. The molecule has 17 heavy (non-hydrogen) atoms. The second-order valence-electron chi connectivity index (χ2n) is 4.69. The van der Waals surface area contributed by atoms with Crippen molar-refractivity contribution >= 4 is 0 Å². The van der Waals surface area contributed by atoms with Crippen LogP contribution in [0.15, 0.2) is 4.79 Å². The van der Waals surface area contributed by atoms with Gasteiger partial charge in [-0.1, -0.05) is 0 Å². The molecule has 0 amide bonds. The smallest absolute Gasteiger partial charge is 0.256 e. The number of nitrogens with zero attached hydrogens (tertiary/aromatic N) is 1. The molecule has 0 bridgehead atoms. The van der Waals surface area contributed by atoms with Crippen LogP contribution in [0.5, 0.6) is 0 Å². The van der Waals surface area contributed by atoms with Gasteiger partial charge in [0.2, 0.25) is 0 Å². The van der Waals surface area contributed by atoms with Crippen LogP contribution in [-0.4, -0.2) is 22.7 Å². The molecular formula is C12H16N2O3. The maximum Gasteiger partial charge on any atom is 0.256 e. The van der Waals surface area contributed by atoms with Gasteiger partial charge in [0, 0.05) is 6.42 Å². The van der Waals surface area contributed by atoms with Gasteiger partial charge in [-0.15, -0.1) is 0 Å². The Balaban J connectivity index is 1.96. The van der Waals surface area contributed by atoms with E-state index in [9.17, 15) is 4.79 Å². The lowest BCUT2D eigenvalue weighted by Crippen LogP contribution is -2.26. The van der Waals surface area contributed by atoms with Crippen LogP contribution < -0.4 is 5.56 Å². The molecule has 1 fully saturated rings. The van der Waals surface area contributed by atoms with Crippen molar-refractivity contribution in [1.29, 1.82) is 0 Å². The summed E-state index contributed by atoms with van der Waals surface area (Å²) in [6.07, 6.45) is 2.87. The summed E-state index contributed by atoms with van der Waals surface area (Å²) in [4.78, 5) is 19.2. The molecule has 1 N–H and O–H groups in total. The number of hydrogen-bond donors (Lipinski definition) is 1. The van der Waals surface area contributed by atoms with E-state index in [-0.39, 0.29) is 17.8 Å². The highest BCUT2D eigenvalue weighted by atomic mass is 16.5. The second kappa shape index (κ2) is 4.23. The molecular weight excluding hydrogens is 220 g/mol. The van der Waals surface area contributed by atoms with E-state index in [1.165, 1.54) is 0 Å². The molecule has 92 valence electrons. The molecule has 5 heteroatoms. The van der Waals surface area contributed by atoms with E-state index in [2.05, 4.69) is 9.97 Å². The van der Waals surface area contributed by atoms with Gasteiger partial charge in [0.15, 0.2) is 0 Å². The molecule has 0 spiro atoms. The Morgan fingerprint density at radius 3 is 3.06 bits per heavy atom. The summed E-state index contributed by atoms with van der Waals surface area (Å²) in [5.74, 6) is 0.681. The van der Waals surface area contributed by atoms with Crippen LogP contribution in [-0.2, 0) is 22.5 Å². The first-order valence-electron chi connectivity index (χ1n) is 6.09. The minimum absolute atomic E-state index is 0.0501. The van der Waals surface area contributed by atoms with E-state index in [1.54, 1.807) is 0 Å². The van der Waals surface area contributed by atoms with Crippen LogP contribution in [0.4, 0.5) is 0 Å². The predicted octanol–water partition coefficient (Wildman–Crippen LogP) is 1.08. The molecule has 3 heterocycles. The molecule has 2 unspecified atom stereocenters. The van der Waals surface area contributed by atoms with E-state index in [1.807, 2.05) is 6.92 Å². The number of rotatable bonds is 1. The van der Waals surface area contributed by atoms with Gasteiger partial charge >= 0.3 is 0 Å². The topological polar surface area (TPSA) is 64.2 Å². The van der Waals surface area contributed by atoms with E-state index >= 15 is 0 Å². The van der Waals surface area contributed by atoms with Gasteiger partial charge in [-0.05, 0) is 19.8 Å². The molecule has 1 aromatic heterocycles. The Labute approximate surface area is 99.2 Å². The Kier molecular flexibility index (Phi) is 2.72. The maximum absolute atomic E-state index is 11.9. The second-order valence-corrected chi connectivity index (χ2v) is 4.69. The van der Waals surface area contributed by atoms with Crippen LogP contribution in [0.2, 0.25) is 0 Å². The fourth-order valence-electron chi connectivity index (χ4n) is 2.42. The van der Waals surface area contributed by atoms with Crippen LogP contribution in [0.25, 0.3) is 0 Å². The molecule has 0 aliphatic carbocycles. The third kappa shape index (κ3) is 2.00. The first-order valence-corrected chi connectivity index (χ1v) is 6.09. The molecule has 1 saturated heterocycles. The molecule has 0 radical (unpaired) electrons. The summed E-state index contributed by atoms with van der Waals surface area (Å²) in [6.45, 7) is 3.06. The molecule has 0 saturated carbocycles. The van der Waals surface area contributed by atoms with Crippen molar-refractivity contribution in [3.05, 3.63) is 27.4 Å². The molecule has 2 aliphatic heterocycles. The average Bonchev–Trinajstić information content (AvgIpc) is 2.76. The van der Waals surface area contributed by atoms with Crippen molar-refractivity contribution in [2.75, 3.05) is 6.61 Å². The lowest BCUT2D eigenvalue weighted by atomic mass is 10.1. The molecule has 2 aliphatic rings. The summed E-state index contributed by atoms with van der Waals surface area (Å²) in [7, 11) is 0. The molecule has 0 aromatic carbocycles. The van der Waals surface area contributed by atoms with Crippen molar-refractivity contribution in [1.82, 2.24) is 9.97 Å². The van der Waals surface area contributed by atoms with Crippen LogP contribution in [0, 0.1) is 0 Å². The van der Waals surface area contributed by atoms with Crippen LogP contribution in [0.3, 0.4) is 0 Å². The van der Waals surface area contributed by atoms with Gasteiger partial charge in [0.05, 0.1) is 30.6 Å². The third-order valence-electron chi connectivity index (χ3n) is 3.39.